The molecule has 0 aliphatic carbocycles. The Morgan fingerprint density at radius 1 is 0.889 bits per heavy atom. The van der Waals surface area contributed by atoms with Gasteiger partial charge in [0.2, 0.25) is 0 Å². The summed E-state index contributed by atoms with van der Waals surface area (Å²) in [7, 11) is 3.41. The molecular formula is C12H20N2O4. The first-order chi connectivity index (χ1) is 8.49. The van der Waals surface area contributed by atoms with E-state index in [4.69, 9.17) is 9.47 Å². The average molecular weight is 256 g/mol. The van der Waals surface area contributed by atoms with Gasteiger partial charge in [-0.25, -0.2) is 9.59 Å². The molecule has 0 radical (unpaired) electrons. The Morgan fingerprint density at radius 2 is 1.22 bits per heavy atom. The van der Waals surface area contributed by atoms with Gasteiger partial charge in [-0.05, 0) is 13.8 Å². The van der Waals surface area contributed by atoms with Crippen LogP contribution in [0.3, 0.4) is 0 Å². The van der Waals surface area contributed by atoms with Crippen molar-refractivity contribution in [1.82, 2.24) is 10.6 Å². The Balaban J connectivity index is 3.81. The topological polar surface area (TPSA) is 76.7 Å². The third-order valence-corrected chi connectivity index (χ3v) is 2.03. The van der Waals surface area contributed by atoms with Gasteiger partial charge in [-0.15, -0.1) is 0 Å². The van der Waals surface area contributed by atoms with Gasteiger partial charge in [0.25, 0.3) is 0 Å². The summed E-state index contributed by atoms with van der Waals surface area (Å²) < 4.78 is 9.65. The van der Waals surface area contributed by atoms with E-state index in [-0.39, 0.29) is 13.2 Å². The Hall–Kier alpha value is -1.98. The molecule has 0 saturated heterocycles. The molecule has 102 valence electrons. The zero-order valence-corrected chi connectivity index (χ0v) is 11.2. The lowest BCUT2D eigenvalue weighted by Crippen LogP contribution is -2.14. The van der Waals surface area contributed by atoms with Gasteiger partial charge in [0, 0.05) is 37.6 Å². The molecule has 0 rings (SSSR count). The first-order valence-corrected chi connectivity index (χ1v) is 5.55. The van der Waals surface area contributed by atoms with E-state index in [0.717, 1.165) is 0 Å². The van der Waals surface area contributed by atoms with Crippen molar-refractivity contribution in [3.63, 3.8) is 0 Å². The van der Waals surface area contributed by atoms with Crippen LogP contribution in [-0.2, 0) is 19.1 Å². The van der Waals surface area contributed by atoms with Gasteiger partial charge in [-0.1, -0.05) is 0 Å². The Kier molecular flexibility index (Phi) is 8.09. The van der Waals surface area contributed by atoms with Crippen LogP contribution in [0.25, 0.3) is 0 Å². The van der Waals surface area contributed by atoms with E-state index < -0.39 is 11.9 Å². The quantitative estimate of drug-likeness (QED) is 0.388. The number of esters is 2. The van der Waals surface area contributed by atoms with Gasteiger partial charge in [0.05, 0.1) is 0 Å². The van der Waals surface area contributed by atoms with Crippen molar-refractivity contribution in [2.24, 2.45) is 0 Å². The molecule has 2 N–H and O–H groups in total. The second-order valence-electron chi connectivity index (χ2n) is 3.49. The van der Waals surface area contributed by atoms with Crippen molar-refractivity contribution in [1.29, 1.82) is 0 Å². The first-order valence-electron chi connectivity index (χ1n) is 5.55. The van der Waals surface area contributed by atoms with Gasteiger partial charge >= 0.3 is 11.9 Å². The van der Waals surface area contributed by atoms with Crippen molar-refractivity contribution >= 4 is 11.9 Å². The number of carbonyl (C=O) groups is 2. The number of ether oxygens (including phenoxy) is 2. The third kappa shape index (κ3) is 8.20. The van der Waals surface area contributed by atoms with Crippen LogP contribution in [0.4, 0.5) is 0 Å². The van der Waals surface area contributed by atoms with E-state index in [9.17, 15) is 9.59 Å². The molecule has 0 bridgehead atoms. The molecule has 0 aliphatic rings. The van der Waals surface area contributed by atoms with Crippen molar-refractivity contribution in [2.45, 2.75) is 13.8 Å². The highest BCUT2D eigenvalue weighted by atomic mass is 16.6. The zero-order chi connectivity index (χ0) is 14.0. The van der Waals surface area contributed by atoms with Crippen LogP contribution in [0.5, 0.6) is 0 Å². The maximum Gasteiger partial charge on any atom is 0.332 e. The van der Waals surface area contributed by atoms with Crippen LogP contribution in [0.1, 0.15) is 13.8 Å². The molecule has 6 nitrogen and oxygen atoms in total. The molecule has 0 saturated carbocycles. The largest absolute Gasteiger partial charge is 0.459 e. The Labute approximate surface area is 107 Å². The van der Waals surface area contributed by atoms with Crippen molar-refractivity contribution in [2.75, 3.05) is 27.3 Å². The molecule has 6 heteroatoms. The van der Waals surface area contributed by atoms with Gasteiger partial charge in [0.1, 0.15) is 13.2 Å². The number of carbonyl (C=O) groups excluding carboxylic acids is 2. The Bertz CT molecular complexity index is 314. The molecular weight excluding hydrogens is 236 g/mol. The van der Waals surface area contributed by atoms with Gasteiger partial charge < -0.3 is 20.1 Å². The molecule has 0 unspecified atom stereocenters. The minimum atomic E-state index is -0.472. The molecule has 0 amide bonds. The van der Waals surface area contributed by atoms with Gasteiger partial charge in [0.15, 0.2) is 0 Å². The zero-order valence-electron chi connectivity index (χ0n) is 11.2. The molecule has 0 aromatic carbocycles. The normalized spacial score (nSPS) is 11.8. The molecule has 0 fully saturated rings. The van der Waals surface area contributed by atoms with Crippen LogP contribution in [0.2, 0.25) is 0 Å². The summed E-state index contributed by atoms with van der Waals surface area (Å²) in [6.07, 6.45) is 2.65. The smallest absolute Gasteiger partial charge is 0.332 e. The fourth-order valence-corrected chi connectivity index (χ4v) is 0.866. The number of rotatable bonds is 7. The van der Waals surface area contributed by atoms with E-state index in [1.165, 1.54) is 12.2 Å². The summed E-state index contributed by atoms with van der Waals surface area (Å²) >= 11 is 0. The number of allylic oxidation sites excluding steroid dienone is 2. The van der Waals surface area contributed by atoms with Crippen LogP contribution in [0.15, 0.2) is 23.5 Å². The maximum absolute atomic E-state index is 11.2. The van der Waals surface area contributed by atoms with Crippen molar-refractivity contribution in [3.8, 4) is 0 Å². The highest BCUT2D eigenvalue weighted by molar-refractivity contribution is 5.83. The first kappa shape index (κ1) is 16.0. The number of hydrogen-bond donors (Lipinski definition) is 2. The summed E-state index contributed by atoms with van der Waals surface area (Å²) in [6.45, 7) is 3.55. The lowest BCUT2D eigenvalue weighted by molar-refractivity contribution is -0.146. The predicted octanol–water partition coefficient (Wildman–Crippen LogP) is 0.319. The van der Waals surface area contributed by atoms with E-state index in [2.05, 4.69) is 10.6 Å². The summed E-state index contributed by atoms with van der Waals surface area (Å²) in [5, 5.41) is 5.59. The number of hydrogen-bond acceptors (Lipinski definition) is 6. The van der Waals surface area contributed by atoms with E-state index in [0.29, 0.717) is 11.4 Å². The second-order valence-corrected chi connectivity index (χ2v) is 3.49. The fourth-order valence-electron chi connectivity index (χ4n) is 0.866. The van der Waals surface area contributed by atoms with Gasteiger partial charge in [-0.2, -0.15) is 0 Å². The number of nitrogens with one attached hydrogen (secondary N) is 2. The molecule has 0 heterocycles. The highest BCUT2D eigenvalue weighted by Crippen LogP contribution is 1.91. The summed E-state index contributed by atoms with van der Waals surface area (Å²) in [5.74, 6) is -0.945. The van der Waals surface area contributed by atoms with E-state index in [1.54, 1.807) is 27.9 Å². The van der Waals surface area contributed by atoms with E-state index >= 15 is 0 Å². The van der Waals surface area contributed by atoms with Crippen molar-refractivity contribution in [3.05, 3.63) is 23.5 Å². The molecule has 0 aliphatic heterocycles. The average Bonchev–Trinajstić information content (AvgIpc) is 2.34. The van der Waals surface area contributed by atoms with Gasteiger partial charge in [-0.3, -0.25) is 0 Å². The summed E-state index contributed by atoms with van der Waals surface area (Å²) in [4.78, 5) is 22.4. The summed E-state index contributed by atoms with van der Waals surface area (Å²) in [5.41, 5.74) is 1.40. The van der Waals surface area contributed by atoms with Crippen LogP contribution in [0, 0.1) is 0 Å². The minimum absolute atomic E-state index is 0.0323. The molecule has 18 heavy (non-hydrogen) atoms. The van der Waals surface area contributed by atoms with E-state index in [1.807, 2.05) is 0 Å². The molecule has 0 spiro atoms. The predicted molar refractivity (Wildman–Crippen MR) is 67.6 cm³/mol. The molecule has 0 aromatic rings. The Morgan fingerprint density at radius 3 is 1.50 bits per heavy atom. The SMILES string of the molecule is CN/C(C)=C\C(=O)OCCOC(=O)/C=C(/C)NC. The van der Waals surface area contributed by atoms with Crippen LogP contribution < -0.4 is 10.6 Å². The lowest BCUT2D eigenvalue weighted by atomic mass is 10.4. The standard InChI is InChI=1S/C12H20N2O4/c1-9(13-3)7-11(15)17-5-6-18-12(16)8-10(2)14-4/h7-8,13-14H,5-6H2,1-4H3/b9-7-,10-8-. The second kappa shape index (κ2) is 9.09. The highest BCUT2D eigenvalue weighted by Gasteiger charge is 2.01. The minimum Gasteiger partial charge on any atom is -0.459 e. The molecule has 0 aromatic heterocycles. The van der Waals surface area contributed by atoms with Crippen LogP contribution in [-0.4, -0.2) is 39.2 Å². The van der Waals surface area contributed by atoms with Crippen molar-refractivity contribution < 1.29 is 19.1 Å². The fraction of sp³-hybridized carbons (Fsp3) is 0.500. The third-order valence-electron chi connectivity index (χ3n) is 2.03. The lowest BCUT2D eigenvalue weighted by Gasteiger charge is -2.04. The van der Waals surface area contributed by atoms with Crippen LogP contribution >= 0.6 is 0 Å². The maximum atomic E-state index is 11.2. The monoisotopic (exact) mass is 256 g/mol. The summed E-state index contributed by atoms with van der Waals surface area (Å²) in [6, 6.07) is 0. The molecule has 0 atom stereocenters.